The van der Waals surface area contributed by atoms with Crippen molar-refractivity contribution in [2.24, 2.45) is 0 Å². The fourth-order valence-corrected chi connectivity index (χ4v) is 1.57. The largest absolute Gasteiger partial charge is 0.478 e. The van der Waals surface area contributed by atoms with Crippen LogP contribution < -0.4 is 5.32 Å². The van der Waals surface area contributed by atoms with Crippen LogP contribution in [0, 0.1) is 0 Å². The number of aromatic carboxylic acids is 1. The smallest absolute Gasteiger partial charge is 0.335 e. The van der Waals surface area contributed by atoms with Crippen molar-refractivity contribution in [1.29, 1.82) is 0 Å². The molecule has 0 spiro atoms. The van der Waals surface area contributed by atoms with E-state index in [4.69, 9.17) is 5.11 Å². The van der Waals surface area contributed by atoms with E-state index in [1.54, 1.807) is 0 Å². The van der Waals surface area contributed by atoms with Crippen LogP contribution >= 0.6 is 0 Å². The van der Waals surface area contributed by atoms with Gasteiger partial charge in [0.2, 0.25) is 15.9 Å². The highest BCUT2D eigenvalue weighted by atomic mass is 32.2. The minimum atomic E-state index is -3.41. The fourth-order valence-electron chi connectivity index (χ4n) is 1.22. The van der Waals surface area contributed by atoms with Gasteiger partial charge in [0, 0.05) is 12.7 Å². The molecule has 7 nitrogen and oxygen atoms in total. The van der Waals surface area contributed by atoms with Crippen molar-refractivity contribution in [1.82, 2.24) is 4.31 Å². The van der Waals surface area contributed by atoms with Gasteiger partial charge in [-0.25, -0.2) is 13.2 Å². The third kappa shape index (κ3) is 4.68. The molecule has 8 heteroatoms. The zero-order valence-corrected chi connectivity index (χ0v) is 11.3. The van der Waals surface area contributed by atoms with Gasteiger partial charge in [-0.2, -0.15) is 4.31 Å². The number of benzene rings is 1. The maximum Gasteiger partial charge on any atom is 0.335 e. The van der Waals surface area contributed by atoms with Crippen LogP contribution in [0.1, 0.15) is 10.4 Å². The predicted octanol–water partition coefficient (Wildman–Crippen LogP) is 0.215. The lowest BCUT2D eigenvalue weighted by atomic mass is 10.2. The Morgan fingerprint density at radius 3 is 2.21 bits per heavy atom. The van der Waals surface area contributed by atoms with Crippen LogP contribution in [0.2, 0.25) is 0 Å². The van der Waals surface area contributed by atoms with Crippen LogP contribution in [0.3, 0.4) is 0 Å². The van der Waals surface area contributed by atoms with E-state index in [2.05, 4.69) is 5.32 Å². The Bertz CT molecular complexity index is 580. The third-order valence-electron chi connectivity index (χ3n) is 2.35. The summed E-state index contributed by atoms with van der Waals surface area (Å²) in [7, 11) is -2.12. The van der Waals surface area contributed by atoms with E-state index < -0.39 is 21.9 Å². The van der Waals surface area contributed by atoms with E-state index in [1.807, 2.05) is 0 Å². The lowest BCUT2D eigenvalue weighted by molar-refractivity contribution is -0.116. The first kappa shape index (κ1) is 15.1. The second-order valence-electron chi connectivity index (χ2n) is 3.95. The average Bonchev–Trinajstić information content (AvgIpc) is 2.28. The molecule has 0 fully saturated rings. The highest BCUT2D eigenvalue weighted by Gasteiger charge is 2.15. The predicted molar refractivity (Wildman–Crippen MR) is 69.5 cm³/mol. The zero-order chi connectivity index (χ0) is 14.6. The van der Waals surface area contributed by atoms with Gasteiger partial charge in [0.25, 0.3) is 0 Å². The Morgan fingerprint density at radius 1 is 1.26 bits per heavy atom. The van der Waals surface area contributed by atoms with Gasteiger partial charge in [0.05, 0.1) is 18.4 Å². The number of nitrogens with zero attached hydrogens (tertiary/aromatic N) is 1. The van der Waals surface area contributed by atoms with Crippen molar-refractivity contribution >= 4 is 27.6 Å². The molecule has 1 aromatic carbocycles. The van der Waals surface area contributed by atoms with Gasteiger partial charge < -0.3 is 10.4 Å². The number of likely N-dealkylation sites (N-methyl/N-ethyl adjacent to an activating group) is 1. The van der Waals surface area contributed by atoms with Crippen molar-refractivity contribution < 1.29 is 23.1 Å². The molecule has 0 aromatic heterocycles. The Labute approximate surface area is 110 Å². The summed E-state index contributed by atoms with van der Waals surface area (Å²) in [4.78, 5) is 22.2. The summed E-state index contributed by atoms with van der Waals surface area (Å²) in [5.74, 6) is -1.56. The molecule has 0 saturated heterocycles. The standard InChI is InChI=1S/C11H14N2O5S/c1-13(19(2,17)18)7-10(14)12-9-5-3-8(4-6-9)11(15)16/h3-6H,7H2,1-2H3,(H,12,14)(H,15,16). The summed E-state index contributed by atoms with van der Waals surface area (Å²) in [6.07, 6.45) is 1.00. The fraction of sp³-hybridized carbons (Fsp3) is 0.273. The van der Waals surface area contributed by atoms with Gasteiger partial charge in [-0.15, -0.1) is 0 Å². The Balaban J connectivity index is 2.65. The molecule has 0 aliphatic rings. The summed E-state index contributed by atoms with van der Waals surface area (Å²) in [5, 5.41) is 11.2. The minimum absolute atomic E-state index is 0.103. The van der Waals surface area contributed by atoms with E-state index in [9.17, 15) is 18.0 Å². The molecule has 0 aliphatic carbocycles. The molecule has 0 heterocycles. The summed E-state index contributed by atoms with van der Waals surface area (Å²) in [6, 6.07) is 5.56. The number of sulfonamides is 1. The average molecular weight is 286 g/mol. The summed E-state index contributed by atoms with van der Waals surface area (Å²) in [6.45, 7) is -0.306. The van der Waals surface area contributed by atoms with Gasteiger partial charge in [-0.1, -0.05) is 0 Å². The second-order valence-corrected chi connectivity index (χ2v) is 6.04. The van der Waals surface area contributed by atoms with Crippen LogP contribution in [0.4, 0.5) is 5.69 Å². The van der Waals surface area contributed by atoms with Crippen LogP contribution in [-0.2, 0) is 14.8 Å². The van der Waals surface area contributed by atoms with Crippen molar-refractivity contribution in [3.8, 4) is 0 Å². The number of nitrogens with one attached hydrogen (secondary N) is 1. The third-order valence-corrected chi connectivity index (χ3v) is 3.61. The number of anilines is 1. The molecule has 0 unspecified atom stereocenters. The molecular formula is C11H14N2O5S. The maximum absolute atomic E-state index is 11.6. The van der Waals surface area contributed by atoms with Gasteiger partial charge in [0.1, 0.15) is 0 Å². The van der Waals surface area contributed by atoms with Gasteiger partial charge in [0.15, 0.2) is 0 Å². The second kappa shape index (κ2) is 5.81. The summed E-state index contributed by atoms with van der Waals surface area (Å²) < 4.78 is 23.1. The Kier molecular flexibility index (Phi) is 4.62. The zero-order valence-electron chi connectivity index (χ0n) is 10.5. The van der Waals surface area contributed by atoms with Gasteiger partial charge >= 0.3 is 5.97 Å². The monoisotopic (exact) mass is 286 g/mol. The molecule has 1 aromatic rings. The van der Waals surface area contributed by atoms with Crippen molar-refractivity contribution in [2.45, 2.75) is 0 Å². The first-order chi connectivity index (χ1) is 8.70. The van der Waals surface area contributed by atoms with Crippen LogP contribution in [0.5, 0.6) is 0 Å². The van der Waals surface area contributed by atoms with E-state index in [0.29, 0.717) is 5.69 Å². The molecule has 1 amide bonds. The van der Waals surface area contributed by atoms with Crippen LogP contribution in [0.25, 0.3) is 0 Å². The molecule has 104 valence electrons. The Hall–Kier alpha value is -1.93. The number of carbonyl (C=O) groups excluding carboxylic acids is 1. The van der Waals surface area contributed by atoms with E-state index in [-0.39, 0.29) is 12.1 Å². The molecule has 0 bridgehead atoms. The van der Waals surface area contributed by atoms with Crippen LogP contribution in [-0.4, -0.2) is 49.6 Å². The van der Waals surface area contributed by atoms with Crippen LogP contribution in [0.15, 0.2) is 24.3 Å². The highest BCUT2D eigenvalue weighted by Crippen LogP contribution is 2.09. The molecule has 2 N–H and O–H groups in total. The molecule has 0 aliphatic heterocycles. The summed E-state index contributed by atoms with van der Waals surface area (Å²) in [5.41, 5.74) is 0.503. The normalized spacial score (nSPS) is 11.3. The van der Waals surface area contributed by atoms with E-state index >= 15 is 0 Å². The molecular weight excluding hydrogens is 272 g/mol. The van der Waals surface area contributed by atoms with Crippen molar-refractivity contribution in [3.05, 3.63) is 29.8 Å². The number of carbonyl (C=O) groups is 2. The molecule has 0 radical (unpaired) electrons. The first-order valence-corrected chi connectivity index (χ1v) is 7.09. The molecule has 0 saturated carbocycles. The molecule has 19 heavy (non-hydrogen) atoms. The highest BCUT2D eigenvalue weighted by molar-refractivity contribution is 7.88. The lowest BCUT2D eigenvalue weighted by Gasteiger charge is -2.13. The van der Waals surface area contributed by atoms with Crippen molar-refractivity contribution in [2.75, 3.05) is 25.2 Å². The summed E-state index contributed by atoms with van der Waals surface area (Å²) >= 11 is 0. The topological polar surface area (TPSA) is 104 Å². The van der Waals surface area contributed by atoms with Gasteiger partial charge in [-0.3, -0.25) is 4.79 Å². The number of carboxylic acids is 1. The number of amides is 1. The SMILES string of the molecule is CN(CC(=O)Nc1ccc(C(=O)O)cc1)S(C)(=O)=O. The van der Waals surface area contributed by atoms with Crippen molar-refractivity contribution in [3.63, 3.8) is 0 Å². The number of hydrogen-bond donors (Lipinski definition) is 2. The first-order valence-electron chi connectivity index (χ1n) is 5.24. The number of rotatable bonds is 5. The Morgan fingerprint density at radius 2 is 1.79 bits per heavy atom. The molecule has 0 atom stereocenters. The molecule has 1 rings (SSSR count). The lowest BCUT2D eigenvalue weighted by Crippen LogP contribution is -2.34. The van der Waals surface area contributed by atoms with Gasteiger partial charge in [-0.05, 0) is 24.3 Å². The van der Waals surface area contributed by atoms with E-state index in [0.717, 1.165) is 10.6 Å². The van der Waals surface area contributed by atoms with E-state index in [1.165, 1.54) is 31.3 Å². The minimum Gasteiger partial charge on any atom is -0.478 e. The number of hydrogen-bond acceptors (Lipinski definition) is 4. The maximum atomic E-state index is 11.6. The quantitative estimate of drug-likeness (QED) is 0.805. The number of carboxylic acid groups (broad SMARTS) is 1.